The molecule has 1 aliphatic rings. The fourth-order valence-electron chi connectivity index (χ4n) is 2.38. The van der Waals surface area contributed by atoms with Gasteiger partial charge in [-0.1, -0.05) is 12.1 Å². The quantitative estimate of drug-likeness (QED) is 0.868. The summed E-state index contributed by atoms with van der Waals surface area (Å²) in [6.45, 7) is 1.41. The Hall–Kier alpha value is -1.81. The van der Waals surface area contributed by atoms with Gasteiger partial charge in [-0.3, -0.25) is 4.79 Å². The van der Waals surface area contributed by atoms with Crippen molar-refractivity contribution in [2.24, 2.45) is 0 Å². The molecular weight excluding hydrogens is 228 g/mol. The molecule has 1 atom stereocenters. The van der Waals surface area contributed by atoms with Crippen LogP contribution in [0.15, 0.2) is 30.5 Å². The van der Waals surface area contributed by atoms with E-state index in [0.29, 0.717) is 12.1 Å². The SMILES string of the molecule is O=C(NCC1CCCO1)c1cccc2cc[nH]c12. The van der Waals surface area contributed by atoms with E-state index in [0.717, 1.165) is 30.4 Å². The maximum Gasteiger partial charge on any atom is 0.253 e. The number of aromatic nitrogens is 1. The van der Waals surface area contributed by atoms with Crippen LogP contribution in [-0.2, 0) is 4.74 Å². The molecule has 2 N–H and O–H groups in total. The van der Waals surface area contributed by atoms with E-state index in [2.05, 4.69) is 10.3 Å². The number of benzene rings is 1. The minimum Gasteiger partial charge on any atom is -0.376 e. The Morgan fingerprint density at radius 1 is 1.44 bits per heavy atom. The third kappa shape index (κ3) is 2.11. The highest BCUT2D eigenvalue weighted by Gasteiger charge is 2.17. The Morgan fingerprint density at radius 3 is 3.22 bits per heavy atom. The molecule has 1 aromatic carbocycles. The molecule has 1 saturated heterocycles. The number of ether oxygens (including phenoxy) is 1. The number of carbonyl (C=O) groups is 1. The molecule has 1 aromatic heterocycles. The van der Waals surface area contributed by atoms with Crippen molar-refractivity contribution in [2.75, 3.05) is 13.2 Å². The monoisotopic (exact) mass is 244 g/mol. The van der Waals surface area contributed by atoms with Crippen LogP contribution in [0.5, 0.6) is 0 Å². The van der Waals surface area contributed by atoms with Gasteiger partial charge in [0.25, 0.3) is 5.91 Å². The second-order valence-corrected chi connectivity index (χ2v) is 4.59. The first-order chi connectivity index (χ1) is 8.84. The molecule has 3 rings (SSSR count). The first-order valence-electron chi connectivity index (χ1n) is 6.30. The number of aromatic amines is 1. The number of rotatable bonds is 3. The number of fused-ring (bicyclic) bond motifs is 1. The molecule has 1 unspecified atom stereocenters. The van der Waals surface area contributed by atoms with E-state index in [9.17, 15) is 4.79 Å². The zero-order valence-electron chi connectivity index (χ0n) is 10.1. The molecule has 4 nitrogen and oxygen atoms in total. The molecule has 1 fully saturated rings. The minimum absolute atomic E-state index is 0.0430. The number of amides is 1. The zero-order valence-corrected chi connectivity index (χ0v) is 10.1. The predicted octanol–water partition coefficient (Wildman–Crippen LogP) is 2.08. The third-order valence-corrected chi connectivity index (χ3v) is 3.35. The Morgan fingerprint density at radius 2 is 2.39 bits per heavy atom. The summed E-state index contributed by atoms with van der Waals surface area (Å²) in [7, 11) is 0. The van der Waals surface area contributed by atoms with Crippen LogP contribution < -0.4 is 5.32 Å². The van der Waals surface area contributed by atoms with Crippen LogP contribution in [-0.4, -0.2) is 30.1 Å². The molecule has 94 valence electrons. The molecule has 2 heterocycles. The van der Waals surface area contributed by atoms with E-state index in [1.54, 1.807) is 0 Å². The lowest BCUT2D eigenvalue weighted by Crippen LogP contribution is -2.31. The van der Waals surface area contributed by atoms with Crippen molar-refractivity contribution in [3.05, 3.63) is 36.0 Å². The molecular formula is C14H16N2O2. The van der Waals surface area contributed by atoms with Gasteiger partial charge in [-0.15, -0.1) is 0 Å². The Kier molecular flexibility index (Phi) is 3.02. The summed E-state index contributed by atoms with van der Waals surface area (Å²) in [5.41, 5.74) is 1.58. The fraction of sp³-hybridized carbons (Fsp3) is 0.357. The van der Waals surface area contributed by atoms with Gasteiger partial charge in [0, 0.05) is 24.7 Å². The van der Waals surface area contributed by atoms with E-state index in [1.165, 1.54) is 0 Å². The molecule has 1 aliphatic heterocycles. The molecule has 0 radical (unpaired) electrons. The lowest BCUT2D eigenvalue weighted by atomic mass is 10.1. The van der Waals surface area contributed by atoms with Gasteiger partial charge in [0.15, 0.2) is 0 Å². The topological polar surface area (TPSA) is 54.1 Å². The van der Waals surface area contributed by atoms with E-state index >= 15 is 0 Å². The van der Waals surface area contributed by atoms with Gasteiger partial charge >= 0.3 is 0 Å². The van der Waals surface area contributed by atoms with Crippen LogP contribution in [0.1, 0.15) is 23.2 Å². The maximum atomic E-state index is 12.1. The summed E-state index contributed by atoms with van der Waals surface area (Å²) in [5, 5.41) is 3.99. The second-order valence-electron chi connectivity index (χ2n) is 4.59. The standard InChI is InChI=1S/C14H16N2O2/c17-14(16-9-11-4-2-8-18-11)12-5-1-3-10-6-7-15-13(10)12/h1,3,5-7,11,15H,2,4,8-9H2,(H,16,17). The van der Waals surface area contributed by atoms with Crippen molar-refractivity contribution in [1.29, 1.82) is 0 Å². The smallest absolute Gasteiger partial charge is 0.253 e. The molecule has 18 heavy (non-hydrogen) atoms. The summed E-state index contributed by atoms with van der Waals surface area (Å²) in [6, 6.07) is 7.69. The Labute approximate surface area is 105 Å². The lowest BCUT2D eigenvalue weighted by Gasteiger charge is -2.11. The minimum atomic E-state index is -0.0430. The number of hydrogen-bond donors (Lipinski definition) is 2. The highest BCUT2D eigenvalue weighted by atomic mass is 16.5. The molecule has 1 amide bonds. The van der Waals surface area contributed by atoms with Crippen LogP contribution in [0.2, 0.25) is 0 Å². The van der Waals surface area contributed by atoms with E-state index in [-0.39, 0.29) is 12.0 Å². The van der Waals surface area contributed by atoms with Crippen LogP contribution >= 0.6 is 0 Å². The molecule has 0 spiro atoms. The third-order valence-electron chi connectivity index (χ3n) is 3.35. The second kappa shape index (κ2) is 4.82. The number of nitrogens with one attached hydrogen (secondary N) is 2. The molecule has 0 saturated carbocycles. The molecule has 0 aliphatic carbocycles. The summed E-state index contributed by atoms with van der Waals surface area (Å²) >= 11 is 0. The zero-order chi connectivity index (χ0) is 12.4. The average molecular weight is 244 g/mol. The summed E-state index contributed by atoms with van der Waals surface area (Å²) < 4.78 is 5.49. The number of H-pyrrole nitrogens is 1. The molecule has 0 bridgehead atoms. The first-order valence-corrected chi connectivity index (χ1v) is 6.30. The van der Waals surface area contributed by atoms with Gasteiger partial charge in [0.2, 0.25) is 0 Å². The van der Waals surface area contributed by atoms with Gasteiger partial charge < -0.3 is 15.0 Å². The van der Waals surface area contributed by atoms with Crippen molar-refractivity contribution < 1.29 is 9.53 Å². The van der Waals surface area contributed by atoms with Crippen LogP contribution in [0.25, 0.3) is 10.9 Å². The predicted molar refractivity (Wildman–Crippen MR) is 69.6 cm³/mol. The van der Waals surface area contributed by atoms with E-state index in [1.807, 2.05) is 30.5 Å². The van der Waals surface area contributed by atoms with Gasteiger partial charge in [-0.2, -0.15) is 0 Å². The van der Waals surface area contributed by atoms with Crippen LogP contribution in [0.3, 0.4) is 0 Å². The molecule has 4 heteroatoms. The highest BCUT2D eigenvalue weighted by Crippen LogP contribution is 2.17. The summed E-state index contributed by atoms with van der Waals surface area (Å²) in [6.07, 6.45) is 4.15. The lowest BCUT2D eigenvalue weighted by molar-refractivity contribution is 0.0859. The maximum absolute atomic E-state index is 12.1. The van der Waals surface area contributed by atoms with Crippen molar-refractivity contribution >= 4 is 16.8 Å². The van der Waals surface area contributed by atoms with E-state index < -0.39 is 0 Å². The normalized spacial score (nSPS) is 19.2. The number of para-hydroxylation sites is 1. The fourth-order valence-corrected chi connectivity index (χ4v) is 2.38. The summed E-state index contributed by atoms with van der Waals surface area (Å²) in [5.74, 6) is -0.0430. The molecule has 2 aromatic rings. The summed E-state index contributed by atoms with van der Waals surface area (Å²) in [4.78, 5) is 15.2. The largest absolute Gasteiger partial charge is 0.376 e. The van der Waals surface area contributed by atoms with Crippen LogP contribution in [0, 0.1) is 0 Å². The average Bonchev–Trinajstić information content (AvgIpc) is 3.05. The van der Waals surface area contributed by atoms with Crippen LogP contribution in [0.4, 0.5) is 0 Å². The van der Waals surface area contributed by atoms with Gasteiger partial charge in [0.05, 0.1) is 17.2 Å². The Bertz CT molecular complexity index is 556. The van der Waals surface area contributed by atoms with Crippen molar-refractivity contribution in [2.45, 2.75) is 18.9 Å². The van der Waals surface area contributed by atoms with Gasteiger partial charge in [-0.25, -0.2) is 0 Å². The number of carbonyl (C=O) groups excluding carboxylic acids is 1. The van der Waals surface area contributed by atoms with Crippen molar-refractivity contribution in [3.63, 3.8) is 0 Å². The van der Waals surface area contributed by atoms with Gasteiger partial charge in [0.1, 0.15) is 0 Å². The van der Waals surface area contributed by atoms with Crippen molar-refractivity contribution in [1.82, 2.24) is 10.3 Å². The van der Waals surface area contributed by atoms with E-state index in [4.69, 9.17) is 4.74 Å². The number of hydrogen-bond acceptors (Lipinski definition) is 2. The first kappa shape index (κ1) is 11.3. The van der Waals surface area contributed by atoms with Crippen molar-refractivity contribution in [3.8, 4) is 0 Å². The Balaban J connectivity index is 1.73. The highest BCUT2D eigenvalue weighted by molar-refractivity contribution is 6.05. The van der Waals surface area contributed by atoms with Gasteiger partial charge in [-0.05, 0) is 25.0 Å².